The van der Waals surface area contributed by atoms with Crippen molar-refractivity contribution in [3.8, 4) is 17.3 Å². The number of fused-ring (bicyclic) bond motifs is 1. The average Bonchev–Trinajstić information content (AvgIpc) is 3.49. The van der Waals surface area contributed by atoms with E-state index in [1.54, 1.807) is 6.26 Å². The fourth-order valence-electron chi connectivity index (χ4n) is 3.75. The largest absolute Gasteiger partial charge is 0.493 e. The Hall–Kier alpha value is -3.52. The van der Waals surface area contributed by atoms with Crippen LogP contribution >= 0.6 is 11.8 Å². The second-order valence-electron chi connectivity index (χ2n) is 7.44. The predicted octanol–water partition coefficient (Wildman–Crippen LogP) is 4.32. The summed E-state index contributed by atoms with van der Waals surface area (Å²) in [4.78, 5) is 12.8. The Morgan fingerprint density at radius 1 is 1.06 bits per heavy atom. The van der Waals surface area contributed by atoms with Crippen molar-refractivity contribution >= 4 is 17.7 Å². The number of benzene rings is 2. The zero-order valence-corrected chi connectivity index (χ0v) is 18.1. The second kappa shape index (κ2) is 9.32. The fraction of sp³-hybridized carbons (Fsp3) is 0.208. The van der Waals surface area contributed by atoms with Crippen molar-refractivity contribution in [3.05, 3.63) is 84.1 Å². The molecule has 3 heterocycles. The minimum Gasteiger partial charge on any atom is -0.493 e. The van der Waals surface area contributed by atoms with Crippen molar-refractivity contribution in [1.29, 1.82) is 0 Å². The van der Waals surface area contributed by atoms with Crippen LogP contribution in [-0.2, 0) is 11.3 Å². The number of ether oxygens (including phenoxy) is 1. The molecule has 1 aliphatic rings. The highest BCUT2D eigenvalue weighted by Crippen LogP contribution is 2.32. The monoisotopic (exact) mass is 446 g/mol. The number of aromatic nitrogens is 3. The summed E-state index contributed by atoms with van der Waals surface area (Å²) in [5, 5.41) is 12.5. The van der Waals surface area contributed by atoms with E-state index in [1.165, 1.54) is 11.8 Å². The lowest BCUT2D eigenvalue weighted by atomic mass is 10.0. The normalized spacial score (nSPS) is 15.1. The van der Waals surface area contributed by atoms with Gasteiger partial charge < -0.3 is 14.5 Å². The Balaban J connectivity index is 1.31. The van der Waals surface area contributed by atoms with E-state index in [0.717, 1.165) is 23.3 Å². The molecular weight excluding hydrogens is 424 g/mol. The first-order chi connectivity index (χ1) is 15.8. The van der Waals surface area contributed by atoms with Gasteiger partial charge in [0.05, 0.1) is 31.2 Å². The van der Waals surface area contributed by atoms with Gasteiger partial charge in [-0.05, 0) is 23.8 Å². The van der Waals surface area contributed by atoms with Crippen LogP contribution in [0.25, 0.3) is 11.6 Å². The highest BCUT2D eigenvalue weighted by atomic mass is 32.2. The van der Waals surface area contributed by atoms with E-state index in [9.17, 15) is 4.79 Å². The molecule has 5 rings (SSSR count). The molecule has 2 aromatic heterocycles. The van der Waals surface area contributed by atoms with E-state index in [4.69, 9.17) is 9.15 Å². The van der Waals surface area contributed by atoms with Crippen LogP contribution in [0.3, 0.4) is 0 Å². The highest BCUT2D eigenvalue weighted by molar-refractivity contribution is 7.99. The third kappa shape index (κ3) is 4.40. The van der Waals surface area contributed by atoms with E-state index >= 15 is 0 Å². The number of carbonyl (C=O) groups excluding carboxylic acids is 1. The number of nitrogens with zero attached hydrogens (tertiary/aromatic N) is 3. The minimum absolute atomic E-state index is 0.0473. The van der Waals surface area contributed by atoms with E-state index in [0.29, 0.717) is 29.9 Å². The number of furan rings is 1. The van der Waals surface area contributed by atoms with Gasteiger partial charge in [0.15, 0.2) is 10.9 Å². The molecule has 1 aliphatic heterocycles. The first-order valence-corrected chi connectivity index (χ1v) is 11.4. The van der Waals surface area contributed by atoms with Gasteiger partial charge in [-0.1, -0.05) is 60.3 Å². The Bertz CT molecular complexity index is 1190. The molecule has 0 aliphatic carbocycles. The van der Waals surface area contributed by atoms with Gasteiger partial charge >= 0.3 is 0 Å². The van der Waals surface area contributed by atoms with Gasteiger partial charge in [0.2, 0.25) is 11.7 Å². The topological polar surface area (TPSA) is 82.2 Å². The Morgan fingerprint density at radius 3 is 2.75 bits per heavy atom. The Labute approximate surface area is 189 Å². The van der Waals surface area contributed by atoms with Crippen LogP contribution in [0.15, 0.2) is 82.6 Å². The maximum atomic E-state index is 12.8. The molecule has 4 aromatic rings. The quantitative estimate of drug-likeness (QED) is 0.426. The van der Waals surface area contributed by atoms with Gasteiger partial charge in [-0.25, -0.2) is 0 Å². The first-order valence-electron chi connectivity index (χ1n) is 10.4. The molecule has 0 saturated heterocycles. The smallest absolute Gasteiger partial charge is 0.230 e. The third-order valence-corrected chi connectivity index (χ3v) is 6.23. The lowest BCUT2D eigenvalue weighted by molar-refractivity contribution is -0.119. The van der Waals surface area contributed by atoms with E-state index in [2.05, 4.69) is 27.6 Å². The summed E-state index contributed by atoms with van der Waals surface area (Å²) in [6, 6.07) is 21.5. The van der Waals surface area contributed by atoms with Crippen LogP contribution in [0.1, 0.15) is 23.6 Å². The molecule has 0 fully saturated rings. The van der Waals surface area contributed by atoms with Crippen molar-refractivity contribution in [3.63, 3.8) is 0 Å². The van der Waals surface area contributed by atoms with E-state index in [-0.39, 0.29) is 17.7 Å². The fourth-order valence-corrected chi connectivity index (χ4v) is 4.50. The summed E-state index contributed by atoms with van der Waals surface area (Å²) in [7, 11) is 0. The number of carbonyl (C=O) groups is 1. The molecule has 0 unspecified atom stereocenters. The lowest BCUT2D eigenvalue weighted by Gasteiger charge is -2.26. The van der Waals surface area contributed by atoms with Crippen molar-refractivity contribution < 1.29 is 13.9 Å². The molecule has 32 heavy (non-hydrogen) atoms. The number of rotatable bonds is 7. The maximum Gasteiger partial charge on any atom is 0.230 e. The van der Waals surface area contributed by atoms with Gasteiger partial charge in [-0.3, -0.25) is 9.36 Å². The van der Waals surface area contributed by atoms with Crippen LogP contribution in [0.4, 0.5) is 0 Å². The van der Waals surface area contributed by atoms with Gasteiger partial charge in [-0.15, -0.1) is 10.2 Å². The van der Waals surface area contributed by atoms with Gasteiger partial charge in [0.25, 0.3) is 0 Å². The third-order valence-electron chi connectivity index (χ3n) is 5.27. The number of hydrogen-bond acceptors (Lipinski definition) is 6. The van der Waals surface area contributed by atoms with Crippen molar-refractivity contribution in [2.24, 2.45) is 0 Å². The van der Waals surface area contributed by atoms with Crippen LogP contribution in [0, 0.1) is 0 Å². The summed E-state index contributed by atoms with van der Waals surface area (Å²) >= 11 is 1.37. The average molecular weight is 447 g/mol. The second-order valence-corrected chi connectivity index (χ2v) is 8.38. The SMILES string of the molecule is O=C(CSc1nnc(-c2ccco2)n1Cc1ccccc1)N[C@@H]1CCOc2ccccc21. The number of amides is 1. The van der Waals surface area contributed by atoms with Gasteiger partial charge in [0, 0.05) is 12.0 Å². The van der Waals surface area contributed by atoms with E-state index < -0.39 is 0 Å². The standard InChI is InChI=1S/C24H22N4O3S/c29-22(25-19-12-14-31-20-10-5-4-9-18(19)20)16-32-24-27-26-23(21-11-6-13-30-21)28(24)15-17-7-2-1-3-8-17/h1-11,13,19H,12,14-16H2,(H,25,29)/t19-/m1/s1. The number of para-hydroxylation sites is 1. The molecule has 7 nitrogen and oxygen atoms in total. The molecule has 0 spiro atoms. The van der Waals surface area contributed by atoms with Crippen molar-refractivity contribution in [2.75, 3.05) is 12.4 Å². The number of thioether (sulfide) groups is 1. The van der Waals surface area contributed by atoms with Crippen LogP contribution < -0.4 is 10.1 Å². The predicted molar refractivity (Wildman–Crippen MR) is 121 cm³/mol. The molecule has 162 valence electrons. The van der Waals surface area contributed by atoms with Crippen molar-refractivity contribution in [1.82, 2.24) is 20.1 Å². The molecule has 1 atom stereocenters. The number of nitrogens with one attached hydrogen (secondary N) is 1. The lowest BCUT2D eigenvalue weighted by Crippen LogP contribution is -2.33. The first kappa shape index (κ1) is 20.4. The number of hydrogen-bond donors (Lipinski definition) is 1. The maximum absolute atomic E-state index is 12.8. The summed E-state index contributed by atoms with van der Waals surface area (Å²) in [6.07, 6.45) is 2.36. The molecular formula is C24H22N4O3S. The van der Waals surface area contributed by atoms with Crippen LogP contribution in [0.2, 0.25) is 0 Å². The molecule has 0 radical (unpaired) electrons. The van der Waals surface area contributed by atoms with Crippen LogP contribution in [-0.4, -0.2) is 33.0 Å². The van der Waals surface area contributed by atoms with Crippen LogP contribution in [0.5, 0.6) is 5.75 Å². The molecule has 0 saturated carbocycles. The molecule has 1 amide bonds. The van der Waals surface area contributed by atoms with Crippen molar-refractivity contribution in [2.45, 2.75) is 24.2 Å². The zero-order chi connectivity index (χ0) is 21.8. The summed E-state index contributed by atoms with van der Waals surface area (Å²) in [6.45, 7) is 1.17. The molecule has 0 bridgehead atoms. The molecule has 1 N–H and O–H groups in total. The Kier molecular flexibility index (Phi) is 5.93. The summed E-state index contributed by atoms with van der Waals surface area (Å²) in [5.74, 6) is 2.31. The minimum atomic E-state index is -0.0505. The summed E-state index contributed by atoms with van der Waals surface area (Å²) in [5.41, 5.74) is 2.13. The Morgan fingerprint density at radius 2 is 1.91 bits per heavy atom. The molecule has 2 aromatic carbocycles. The summed E-state index contributed by atoms with van der Waals surface area (Å²) < 4.78 is 13.2. The van der Waals surface area contributed by atoms with Gasteiger partial charge in [0.1, 0.15) is 5.75 Å². The molecule has 8 heteroatoms. The van der Waals surface area contributed by atoms with E-state index in [1.807, 2.05) is 59.2 Å². The zero-order valence-electron chi connectivity index (χ0n) is 17.3. The highest BCUT2D eigenvalue weighted by Gasteiger charge is 2.23. The van der Waals surface area contributed by atoms with Gasteiger partial charge in [-0.2, -0.15) is 0 Å².